The van der Waals surface area contributed by atoms with Gasteiger partial charge in [0.05, 0.1) is 12.5 Å². The fourth-order valence-corrected chi connectivity index (χ4v) is 7.00. The van der Waals surface area contributed by atoms with Crippen LogP contribution in [-0.2, 0) is 9.59 Å². The van der Waals surface area contributed by atoms with Gasteiger partial charge in [0.1, 0.15) is 0 Å². The van der Waals surface area contributed by atoms with Gasteiger partial charge in [0.15, 0.2) is 5.78 Å². The Hall–Kier alpha value is -1.68. The molecule has 1 amide bonds. The molecule has 5 fully saturated rings. The summed E-state index contributed by atoms with van der Waals surface area (Å²) in [6.07, 6.45) is 9.46. The molecule has 1 N–H and O–H groups in total. The highest BCUT2D eigenvalue weighted by Crippen LogP contribution is 2.60. The summed E-state index contributed by atoms with van der Waals surface area (Å²) in [7, 11) is 0. The largest absolute Gasteiger partial charge is 0.326 e. The average Bonchev–Trinajstić information content (AvgIpc) is 2.68. The fourth-order valence-electron chi connectivity index (χ4n) is 7.00. The van der Waals surface area contributed by atoms with Crippen molar-refractivity contribution in [2.45, 2.75) is 51.4 Å². The molecule has 4 bridgehead atoms. The highest BCUT2D eigenvalue weighted by atomic mass is 16.2. The van der Waals surface area contributed by atoms with Crippen molar-refractivity contribution in [3.63, 3.8) is 0 Å². The number of nitrogens with zero attached hydrogens (tertiary/aromatic N) is 1. The smallest absolute Gasteiger partial charge is 0.228 e. The van der Waals surface area contributed by atoms with Crippen LogP contribution in [0.2, 0.25) is 0 Å². The Morgan fingerprint density at radius 1 is 1.00 bits per heavy atom. The SMILES string of the molecule is O=C(Nc1ccccc1)C1CCCN(CC(=O)C23CC4CC(CC(C4)C2)C3)C1. The normalized spacial score (nSPS) is 37.0. The minimum atomic E-state index is -0.0198. The predicted octanol–water partition coefficient (Wildman–Crippen LogP) is 4.12. The molecule has 0 radical (unpaired) electrons. The molecule has 5 aliphatic rings. The van der Waals surface area contributed by atoms with Crippen molar-refractivity contribution in [2.24, 2.45) is 29.1 Å². The molecule has 1 aliphatic heterocycles. The number of anilines is 1. The first-order valence-corrected chi connectivity index (χ1v) is 11.2. The van der Waals surface area contributed by atoms with Crippen molar-refractivity contribution in [2.75, 3.05) is 25.0 Å². The van der Waals surface area contributed by atoms with Crippen LogP contribution in [0.3, 0.4) is 0 Å². The van der Waals surface area contributed by atoms with E-state index >= 15 is 0 Å². The summed E-state index contributed by atoms with van der Waals surface area (Å²) in [6, 6.07) is 9.68. The van der Waals surface area contributed by atoms with E-state index in [0.717, 1.165) is 68.6 Å². The maximum absolute atomic E-state index is 13.4. The van der Waals surface area contributed by atoms with Crippen molar-refractivity contribution < 1.29 is 9.59 Å². The number of likely N-dealkylation sites (tertiary alicyclic amines) is 1. The van der Waals surface area contributed by atoms with Gasteiger partial charge in [-0.05, 0) is 87.8 Å². The van der Waals surface area contributed by atoms with E-state index in [9.17, 15) is 9.59 Å². The Morgan fingerprint density at radius 3 is 2.29 bits per heavy atom. The molecule has 150 valence electrons. The first-order valence-electron chi connectivity index (χ1n) is 11.2. The number of Topliss-reactive ketones (excluding diaryl/α,β-unsaturated/α-hetero) is 1. The molecule has 6 rings (SSSR count). The number of piperidine rings is 1. The van der Waals surface area contributed by atoms with Crippen molar-refractivity contribution in [1.82, 2.24) is 4.90 Å². The lowest BCUT2D eigenvalue weighted by Gasteiger charge is -2.56. The second kappa shape index (κ2) is 7.29. The van der Waals surface area contributed by atoms with Crippen LogP contribution in [0, 0.1) is 29.1 Å². The van der Waals surface area contributed by atoms with Crippen molar-refractivity contribution in [3.05, 3.63) is 30.3 Å². The number of para-hydroxylation sites is 1. The number of hydrogen-bond donors (Lipinski definition) is 1. The predicted molar refractivity (Wildman–Crippen MR) is 110 cm³/mol. The lowest BCUT2D eigenvalue weighted by molar-refractivity contribution is -0.145. The van der Waals surface area contributed by atoms with Gasteiger partial charge >= 0.3 is 0 Å². The van der Waals surface area contributed by atoms with E-state index in [2.05, 4.69) is 10.2 Å². The molecule has 4 heteroatoms. The number of carbonyl (C=O) groups excluding carboxylic acids is 2. The van der Waals surface area contributed by atoms with Crippen LogP contribution in [0.25, 0.3) is 0 Å². The summed E-state index contributed by atoms with van der Waals surface area (Å²) >= 11 is 0. The quantitative estimate of drug-likeness (QED) is 0.836. The zero-order valence-electron chi connectivity index (χ0n) is 16.7. The lowest BCUT2D eigenvalue weighted by atomic mass is 9.48. The number of ketones is 1. The van der Waals surface area contributed by atoms with Crippen molar-refractivity contribution in [3.8, 4) is 0 Å². The van der Waals surface area contributed by atoms with E-state index in [-0.39, 0.29) is 17.2 Å². The fraction of sp³-hybridized carbons (Fsp3) is 0.667. The third-order valence-electron chi connectivity index (χ3n) is 7.91. The van der Waals surface area contributed by atoms with E-state index in [0.29, 0.717) is 12.3 Å². The van der Waals surface area contributed by atoms with Gasteiger partial charge in [0.25, 0.3) is 0 Å². The van der Waals surface area contributed by atoms with Gasteiger partial charge in [0.2, 0.25) is 5.91 Å². The molecule has 0 spiro atoms. The van der Waals surface area contributed by atoms with Gasteiger partial charge in [-0.1, -0.05) is 18.2 Å². The minimum Gasteiger partial charge on any atom is -0.326 e. The topological polar surface area (TPSA) is 49.4 Å². The molecule has 1 aromatic rings. The highest BCUT2D eigenvalue weighted by molar-refractivity contribution is 5.93. The number of benzene rings is 1. The highest BCUT2D eigenvalue weighted by Gasteiger charge is 2.54. The number of carbonyl (C=O) groups is 2. The van der Waals surface area contributed by atoms with Crippen LogP contribution in [0.15, 0.2) is 30.3 Å². The van der Waals surface area contributed by atoms with Crippen LogP contribution < -0.4 is 5.32 Å². The van der Waals surface area contributed by atoms with Crippen LogP contribution in [0.4, 0.5) is 5.69 Å². The van der Waals surface area contributed by atoms with Gasteiger partial charge in [-0.3, -0.25) is 14.5 Å². The first kappa shape index (κ1) is 18.4. The first-order chi connectivity index (χ1) is 13.6. The number of nitrogens with one attached hydrogen (secondary N) is 1. The molecule has 1 aromatic carbocycles. The van der Waals surface area contributed by atoms with Gasteiger partial charge in [-0.15, -0.1) is 0 Å². The molecule has 1 atom stereocenters. The van der Waals surface area contributed by atoms with E-state index in [4.69, 9.17) is 0 Å². The van der Waals surface area contributed by atoms with Crippen LogP contribution in [0.5, 0.6) is 0 Å². The Morgan fingerprint density at radius 2 is 1.64 bits per heavy atom. The summed E-state index contributed by atoms with van der Waals surface area (Å²) in [4.78, 5) is 28.4. The molecule has 1 saturated heterocycles. The average molecular weight is 381 g/mol. The molecule has 4 aliphatic carbocycles. The summed E-state index contributed by atoms with van der Waals surface area (Å²) in [5.41, 5.74) is 0.836. The number of rotatable bonds is 5. The standard InChI is InChI=1S/C24H32N2O2/c27-22(24-12-17-9-18(13-24)11-19(10-17)14-24)16-26-8-4-5-20(15-26)23(28)25-21-6-2-1-3-7-21/h1-3,6-7,17-20H,4-5,8-16H2,(H,25,28). The van der Waals surface area contributed by atoms with Crippen LogP contribution >= 0.6 is 0 Å². The third kappa shape index (κ3) is 3.52. The van der Waals surface area contributed by atoms with Crippen molar-refractivity contribution in [1.29, 1.82) is 0 Å². The molecule has 1 heterocycles. The summed E-state index contributed by atoms with van der Waals surface area (Å²) in [6.45, 7) is 2.23. The summed E-state index contributed by atoms with van der Waals surface area (Å²) in [5.74, 6) is 2.98. The molecule has 28 heavy (non-hydrogen) atoms. The molecule has 4 nitrogen and oxygen atoms in total. The zero-order chi connectivity index (χ0) is 19.1. The van der Waals surface area contributed by atoms with E-state index < -0.39 is 0 Å². The monoisotopic (exact) mass is 380 g/mol. The molecule has 4 saturated carbocycles. The Bertz CT molecular complexity index is 709. The third-order valence-corrected chi connectivity index (χ3v) is 7.91. The summed E-state index contributed by atoms with van der Waals surface area (Å²) < 4.78 is 0. The molecule has 1 unspecified atom stereocenters. The number of amides is 1. The van der Waals surface area contributed by atoms with Crippen LogP contribution in [0.1, 0.15) is 51.4 Å². The lowest BCUT2D eigenvalue weighted by Crippen LogP contribution is -2.53. The Labute approximate surface area is 168 Å². The Kier molecular flexibility index (Phi) is 4.78. The number of hydrogen-bond acceptors (Lipinski definition) is 3. The van der Waals surface area contributed by atoms with E-state index in [1.807, 2.05) is 30.3 Å². The zero-order valence-corrected chi connectivity index (χ0v) is 16.7. The minimum absolute atomic E-state index is 0.0156. The maximum atomic E-state index is 13.4. The van der Waals surface area contributed by atoms with Gasteiger partial charge in [0, 0.05) is 17.6 Å². The Balaban J connectivity index is 1.20. The maximum Gasteiger partial charge on any atom is 0.228 e. The van der Waals surface area contributed by atoms with Gasteiger partial charge in [-0.2, -0.15) is 0 Å². The van der Waals surface area contributed by atoms with E-state index in [1.54, 1.807) is 0 Å². The molecular formula is C24H32N2O2. The molecule has 0 aromatic heterocycles. The van der Waals surface area contributed by atoms with E-state index in [1.165, 1.54) is 19.3 Å². The van der Waals surface area contributed by atoms with Gasteiger partial charge < -0.3 is 5.32 Å². The molecular weight excluding hydrogens is 348 g/mol. The second-order valence-corrected chi connectivity index (χ2v) is 10.1. The summed E-state index contributed by atoms with van der Waals surface area (Å²) in [5, 5.41) is 3.04. The van der Waals surface area contributed by atoms with Crippen molar-refractivity contribution >= 4 is 17.4 Å². The van der Waals surface area contributed by atoms with Gasteiger partial charge in [-0.25, -0.2) is 0 Å². The van der Waals surface area contributed by atoms with Crippen LogP contribution in [-0.4, -0.2) is 36.2 Å². The second-order valence-electron chi connectivity index (χ2n) is 10.1.